The maximum absolute atomic E-state index is 11.7. The molecule has 4 rings (SSSR count). The van der Waals surface area contributed by atoms with Gasteiger partial charge >= 0.3 is 0 Å². The fourth-order valence-corrected chi connectivity index (χ4v) is 5.32. The summed E-state index contributed by atoms with van der Waals surface area (Å²) in [5.41, 5.74) is 1.09. The average molecular weight is 545 g/mol. The summed E-state index contributed by atoms with van der Waals surface area (Å²) in [5.74, 6) is 1.45. The molecule has 2 aromatic rings. The Morgan fingerprint density at radius 3 is 2.34 bits per heavy atom. The third kappa shape index (κ3) is 6.11. The average Bonchev–Trinajstić information content (AvgIpc) is 2.77. The molecule has 0 amide bonds. The molecule has 0 aliphatic carbocycles. The molecule has 2 fully saturated rings. The van der Waals surface area contributed by atoms with Crippen LogP contribution in [0.25, 0.3) is 0 Å². The Bertz CT molecular complexity index is 1020. The maximum atomic E-state index is 11.7. The minimum absolute atomic E-state index is 0.106. The van der Waals surface area contributed by atoms with Crippen LogP contribution in [0.5, 0.6) is 5.75 Å². The van der Waals surface area contributed by atoms with E-state index < -0.39 is 10.0 Å². The van der Waals surface area contributed by atoms with Crippen molar-refractivity contribution in [1.82, 2.24) is 19.2 Å². The number of nitrogens with zero attached hydrogens (tertiary/aromatic N) is 5. The zero-order valence-corrected chi connectivity index (χ0v) is 21.1. The molecule has 0 bridgehead atoms. The monoisotopic (exact) mass is 543 g/mol. The van der Waals surface area contributed by atoms with Crippen molar-refractivity contribution < 1.29 is 13.2 Å². The van der Waals surface area contributed by atoms with Crippen molar-refractivity contribution in [3.63, 3.8) is 0 Å². The molecule has 3 heterocycles. The topological polar surface area (TPSA) is 78.9 Å². The van der Waals surface area contributed by atoms with Crippen LogP contribution in [0.15, 0.2) is 35.1 Å². The number of halogens is 2. The summed E-state index contributed by atoms with van der Waals surface area (Å²) in [6.45, 7) is 4.88. The van der Waals surface area contributed by atoms with Crippen LogP contribution in [0.3, 0.4) is 0 Å². The summed E-state index contributed by atoms with van der Waals surface area (Å²) >= 11 is 9.89. The van der Waals surface area contributed by atoms with E-state index in [1.54, 1.807) is 12.4 Å². The largest absolute Gasteiger partial charge is 0.489 e. The van der Waals surface area contributed by atoms with Gasteiger partial charge in [-0.1, -0.05) is 17.7 Å². The van der Waals surface area contributed by atoms with E-state index >= 15 is 0 Å². The molecule has 0 spiro atoms. The van der Waals surface area contributed by atoms with Crippen molar-refractivity contribution in [3.05, 3.63) is 45.7 Å². The van der Waals surface area contributed by atoms with Crippen LogP contribution in [0.4, 0.5) is 5.95 Å². The van der Waals surface area contributed by atoms with Crippen LogP contribution in [0.2, 0.25) is 5.02 Å². The molecule has 1 aromatic heterocycles. The summed E-state index contributed by atoms with van der Waals surface area (Å²) < 4.78 is 31.9. The molecule has 174 valence electrons. The molecule has 2 saturated heterocycles. The lowest BCUT2D eigenvalue weighted by Crippen LogP contribution is -2.47. The number of hydrogen-bond donors (Lipinski definition) is 0. The first-order chi connectivity index (χ1) is 15.3. The Hall–Kier alpha value is -1.46. The fraction of sp³-hybridized carbons (Fsp3) is 0.524. The lowest BCUT2D eigenvalue weighted by atomic mass is 10.1. The molecule has 1 aromatic carbocycles. The van der Waals surface area contributed by atoms with Crippen molar-refractivity contribution in [1.29, 1.82) is 0 Å². The second kappa shape index (κ2) is 10.2. The summed E-state index contributed by atoms with van der Waals surface area (Å²) in [5, 5.41) is 0.607. The lowest BCUT2D eigenvalue weighted by molar-refractivity contribution is 0.170. The Morgan fingerprint density at radius 1 is 1.09 bits per heavy atom. The second-order valence-electron chi connectivity index (χ2n) is 8.21. The molecular formula is C21H27BrClN5O3S. The van der Waals surface area contributed by atoms with Crippen molar-refractivity contribution in [2.75, 3.05) is 50.4 Å². The molecule has 11 heteroatoms. The van der Waals surface area contributed by atoms with Gasteiger partial charge in [0.15, 0.2) is 0 Å². The van der Waals surface area contributed by atoms with Gasteiger partial charge in [-0.3, -0.25) is 4.90 Å². The fourth-order valence-electron chi connectivity index (χ4n) is 4.04. The summed E-state index contributed by atoms with van der Waals surface area (Å²) in [4.78, 5) is 13.1. The quantitative estimate of drug-likeness (QED) is 0.553. The predicted molar refractivity (Wildman–Crippen MR) is 129 cm³/mol. The van der Waals surface area contributed by atoms with E-state index in [-0.39, 0.29) is 6.10 Å². The number of anilines is 1. The number of piperazine rings is 1. The van der Waals surface area contributed by atoms with Crippen molar-refractivity contribution >= 4 is 43.5 Å². The van der Waals surface area contributed by atoms with Gasteiger partial charge in [-0.25, -0.2) is 18.4 Å². The van der Waals surface area contributed by atoms with Gasteiger partial charge in [-0.15, -0.1) is 0 Å². The SMILES string of the molecule is CS(=O)(=O)N1CCN(Cc2ccc(OC3CCN(c4ncc(Br)cn4)CC3)c(Cl)c2)CC1. The second-order valence-corrected chi connectivity index (χ2v) is 11.5. The Morgan fingerprint density at radius 2 is 1.75 bits per heavy atom. The minimum Gasteiger partial charge on any atom is -0.489 e. The molecule has 0 N–H and O–H groups in total. The number of benzene rings is 1. The van der Waals surface area contributed by atoms with Gasteiger partial charge in [0.2, 0.25) is 16.0 Å². The molecule has 2 aliphatic heterocycles. The summed E-state index contributed by atoms with van der Waals surface area (Å²) in [7, 11) is -3.11. The van der Waals surface area contributed by atoms with Gasteiger partial charge in [0.25, 0.3) is 0 Å². The Kier molecular flexibility index (Phi) is 7.56. The highest BCUT2D eigenvalue weighted by atomic mass is 79.9. The highest BCUT2D eigenvalue weighted by Crippen LogP contribution is 2.29. The first-order valence-electron chi connectivity index (χ1n) is 10.6. The first-order valence-corrected chi connectivity index (χ1v) is 13.6. The van der Waals surface area contributed by atoms with Crippen LogP contribution in [-0.2, 0) is 16.6 Å². The van der Waals surface area contributed by atoms with E-state index in [4.69, 9.17) is 16.3 Å². The van der Waals surface area contributed by atoms with Crippen molar-refractivity contribution in [2.45, 2.75) is 25.5 Å². The first kappa shape index (κ1) is 23.7. The number of rotatable bonds is 6. The zero-order valence-electron chi connectivity index (χ0n) is 18.0. The van der Waals surface area contributed by atoms with Gasteiger partial charge in [-0.2, -0.15) is 4.31 Å². The number of aromatic nitrogens is 2. The molecule has 32 heavy (non-hydrogen) atoms. The van der Waals surface area contributed by atoms with Gasteiger partial charge < -0.3 is 9.64 Å². The predicted octanol–water partition coefficient (Wildman–Crippen LogP) is 3.02. The third-order valence-corrected chi connectivity index (χ3v) is 7.84. The summed E-state index contributed by atoms with van der Waals surface area (Å²) in [6, 6.07) is 5.92. The molecule has 2 aliphatic rings. The molecular weight excluding hydrogens is 518 g/mol. The number of ether oxygens (including phenoxy) is 1. The van der Waals surface area contributed by atoms with E-state index in [1.165, 1.54) is 10.6 Å². The van der Waals surface area contributed by atoms with E-state index in [1.807, 2.05) is 18.2 Å². The Balaban J connectivity index is 1.27. The zero-order chi connectivity index (χ0) is 22.7. The van der Waals surface area contributed by atoms with E-state index in [2.05, 4.69) is 35.7 Å². The molecule has 0 atom stereocenters. The minimum atomic E-state index is -3.11. The van der Waals surface area contributed by atoms with Crippen molar-refractivity contribution in [2.24, 2.45) is 0 Å². The standard InChI is InChI=1S/C21H27BrClN5O3S/c1-32(29,30)28-10-8-26(9-11-28)15-16-2-3-20(19(23)12-16)31-18-4-6-27(7-5-18)21-24-13-17(22)14-25-21/h2-3,12-14,18H,4-11,15H2,1H3. The molecule has 0 unspecified atom stereocenters. The number of hydrogen-bond acceptors (Lipinski definition) is 7. The van der Waals surface area contributed by atoms with Crippen molar-refractivity contribution in [3.8, 4) is 5.75 Å². The van der Waals surface area contributed by atoms with Crippen LogP contribution < -0.4 is 9.64 Å². The smallest absolute Gasteiger partial charge is 0.225 e. The highest BCUT2D eigenvalue weighted by Gasteiger charge is 2.25. The molecule has 0 saturated carbocycles. The normalized spacial score (nSPS) is 19.3. The van der Waals surface area contributed by atoms with Gasteiger partial charge in [0, 0.05) is 71.0 Å². The van der Waals surface area contributed by atoms with Crippen LogP contribution in [0, 0.1) is 0 Å². The number of piperidine rings is 1. The third-order valence-electron chi connectivity index (χ3n) is 5.83. The van der Waals surface area contributed by atoms with Crippen LogP contribution in [-0.4, -0.2) is 79.2 Å². The van der Waals surface area contributed by atoms with E-state index in [0.29, 0.717) is 37.0 Å². The summed E-state index contributed by atoms with van der Waals surface area (Å²) in [6.07, 6.45) is 6.65. The van der Waals surface area contributed by atoms with Gasteiger partial charge in [-0.05, 0) is 33.6 Å². The lowest BCUT2D eigenvalue weighted by Gasteiger charge is -2.33. The Labute approximate surface area is 202 Å². The van der Waals surface area contributed by atoms with Crippen LogP contribution in [0.1, 0.15) is 18.4 Å². The van der Waals surface area contributed by atoms with Gasteiger partial charge in [0.05, 0.1) is 15.8 Å². The highest BCUT2D eigenvalue weighted by molar-refractivity contribution is 9.10. The molecule has 8 nitrogen and oxygen atoms in total. The number of sulfonamides is 1. The van der Waals surface area contributed by atoms with E-state index in [0.717, 1.165) is 48.5 Å². The van der Waals surface area contributed by atoms with Gasteiger partial charge in [0.1, 0.15) is 11.9 Å². The molecule has 0 radical (unpaired) electrons. The maximum Gasteiger partial charge on any atom is 0.225 e. The van der Waals surface area contributed by atoms with E-state index in [9.17, 15) is 8.42 Å². The van der Waals surface area contributed by atoms with Crippen LogP contribution >= 0.6 is 27.5 Å².